The standard InChI is InChI=1S/C6H7ClO/c1-2-6-5(7)3-4-8-6/h1,5-6H,3-4H2. The van der Waals surface area contributed by atoms with Crippen LogP contribution in [0.1, 0.15) is 6.42 Å². The molecule has 44 valence electrons. The molecule has 1 aliphatic heterocycles. The molecule has 8 heavy (non-hydrogen) atoms. The van der Waals surface area contributed by atoms with Gasteiger partial charge >= 0.3 is 0 Å². The fourth-order valence-corrected chi connectivity index (χ4v) is 0.950. The molecule has 0 amide bonds. The van der Waals surface area contributed by atoms with E-state index in [9.17, 15) is 0 Å². The lowest BCUT2D eigenvalue weighted by molar-refractivity contribution is 0.153. The van der Waals surface area contributed by atoms with E-state index >= 15 is 0 Å². The SMILES string of the molecule is C#CC1OCCC1Cl. The smallest absolute Gasteiger partial charge is 0.134 e. The first kappa shape index (κ1) is 5.94. The molecule has 1 heterocycles. The van der Waals surface area contributed by atoms with Crippen molar-refractivity contribution in [3.05, 3.63) is 0 Å². The van der Waals surface area contributed by atoms with E-state index in [4.69, 9.17) is 22.8 Å². The second-order valence-corrected chi connectivity index (χ2v) is 2.32. The number of hydrogen-bond donors (Lipinski definition) is 0. The van der Waals surface area contributed by atoms with Crippen LogP contribution in [0, 0.1) is 12.3 Å². The lowest BCUT2D eigenvalue weighted by atomic mass is 10.2. The highest BCUT2D eigenvalue weighted by Gasteiger charge is 2.23. The monoisotopic (exact) mass is 130 g/mol. The van der Waals surface area contributed by atoms with Gasteiger partial charge in [-0.1, -0.05) is 5.92 Å². The Labute approximate surface area is 54.0 Å². The molecule has 0 saturated carbocycles. The molecule has 1 saturated heterocycles. The number of terminal acetylenes is 1. The van der Waals surface area contributed by atoms with Gasteiger partial charge in [0, 0.05) is 6.61 Å². The summed E-state index contributed by atoms with van der Waals surface area (Å²) < 4.78 is 5.05. The summed E-state index contributed by atoms with van der Waals surface area (Å²) >= 11 is 5.71. The molecule has 0 spiro atoms. The number of rotatable bonds is 0. The first-order chi connectivity index (χ1) is 3.84. The number of halogens is 1. The fourth-order valence-electron chi connectivity index (χ4n) is 0.716. The maximum absolute atomic E-state index is 5.71. The van der Waals surface area contributed by atoms with Gasteiger partial charge in [0.2, 0.25) is 0 Å². The van der Waals surface area contributed by atoms with E-state index < -0.39 is 0 Å². The fraction of sp³-hybridized carbons (Fsp3) is 0.667. The van der Waals surface area contributed by atoms with Crippen molar-refractivity contribution in [2.75, 3.05) is 6.61 Å². The van der Waals surface area contributed by atoms with E-state index in [0.717, 1.165) is 6.42 Å². The molecule has 1 aliphatic rings. The van der Waals surface area contributed by atoms with Crippen LogP contribution in [0.2, 0.25) is 0 Å². The molecule has 0 radical (unpaired) electrons. The molecule has 1 rings (SSSR count). The van der Waals surface area contributed by atoms with Gasteiger partial charge in [-0.05, 0) is 6.42 Å². The normalized spacial score (nSPS) is 37.0. The highest BCUT2D eigenvalue weighted by atomic mass is 35.5. The summed E-state index contributed by atoms with van der Waals surface area (Å²) in [7, 11) is 0. The minimum atomic E-state index is -0.142. The van der Waals surface area contributed by atoms with Crippen LogP contribution in [-0.4, -0.2) is 18.1 Å². The van der Waals surface area contributed by atoms with Crippen LogP contribution in [0.25, 0.3) is 0 Å². The Balaban J connectivity index is 2.45. The Hall–Kier alpha value is -0.190. The summed E-state index contributed by atoms with van der Waals surface area (Å²) in [5.41, 5.74) is 0. The second-order valence-electron chi connectivity index (χ2n) is 1.76. The summed E-state index contributed by atoms with van der Waals surface area (Å²) in [5.74, 6) is 2.46. The van der Waals surface area contributed by atoms with Crippen molar-refractivity contribution in [3.63, 3.8) is 0 Å². The van der Waals surface area contributed by atoms with E-state index in [1.807, 2.05) is 0 Å². The first-order valence-electron chi connectivity index (χ1n) is 2.56. The Bertz CT molecular complexity index is 116. The van der Waals surface area contributed by atoms with Crippen molar-refractivity contribution in [1.29, 1.82) is 0 Å². The van der Waals surface area contributed by atoms with E-state index in [2.05, 4.69) is 5.92 Å². The van der Waals surface area contributed by atoms with Crippen LogP contribution >= 0.6 is 11.6 Å². The molecule has 1 nitrogen and oxygen atoms in total. The molecule has 2 heteroatoms. The molecule has 0 N–H and O–H groups in total. The minimum Gasteiger partial charge on any atom is -0.364 e. The topological polar surface area (TPSA) is 9.23 Å². The molecule has 0 aromatic rings. The summed E-state index contributed by atoms with van der Waals surface area (Å²) in [4.78, 5) is 0. The Morgan fingerprint density at radius 3 is 2.75 bits per heavy atom. The van der Waals surface area contributed by atoms with Gasteiger partial charge < -0.3 is 4.74 Å². The third-order valence-electron chi connectivity index (χ3n) is 1.18. The molecule has 0 aliphatic carbocycles. The zero-order valence-electron chi connectivity index (χ0n) is 4.43. The van der Waals surface area contributed by atoms with Crippen LogP contribution < -0.4 is 0 Å². The van der Waals surface area contributed by atoms with E-state index in [-0.39, 0.29) is 11.5 Å². The van der Waals surface area contributed by atoms with Gasteiger partial charge in [-0.15, -0.1) is 18.0 Å². The quantitative estimate of drug-likeness (QED) is 0.351. The van der Waals surface area contributed by atoms with Crippen molar-refractivity contribution in [2.24, 2.45) is 0 Å². The zero-order chi connectivity index (χ0) is 5.98. The third kappa shape index (κ3) is 0.964. The molecule has 2 unspecified atom stereocenters. The van der Waals surface area contributed by atoms with Gasteiger partial charge in [-0.3, -0.25) is 0 Å². The van der Waals surface area contributed by atoms with Crippen molar-refractivity contribution >= 4 is 11.6 Å². The van der Waals surface area contributed by atoms with Crippen molar-refractivity contribution < 1.29 is 4.74 Å². The number of alkyl halides is 1. The lowest BCUT2D eigenvalue weighted by Crippen LogP contribution is -2.11. The largest absolute Gasteiger partial charge is 0.364 e. The van der Waals surface area contributed by atoms with Crippen molar-refractivity contribution in [2.45, 2.75) is 17.9 Å². The number of ether oxygens (including phenoxy) is 1. The van der Waals surface area contributed by atoms with Crippen LogP contribution in [0.5, 0.6) is 0 Å². The molecule has 0 bridgehead atoms. The molecular weight excluding hydrogens is 124 g/mol. The molecule has 0 aromatic carbocycles. The van der Waals surface area contributed by atoms with Crippen molar-refractivity contribution in [1.82, 2.24) is 0 Å². The first-order valence-corrected chi connectivity index (χ1v) is 3.00. The predicted molar refractivity (Wildman–Crippen MR) is 32.8 cm³/mol. The Kier molecular flexibility index (Phi) is 1.77. The van der Waals surface area contributed by atoms with Gasteiger partial charge in [-0.2, -0.15) is 0 Å². The Morgan fingerprint density at radius 2 is 2.50 bits per heavy atom. The third-order valence-corrected chi connectivity index (χ3v) is 1.63. The highest BCUT2D eigenvalue weighted by Crippen LogP contribution is 2.17. The lowest BCUT2D eigenvalue weighted by Gasteiger charge is -2.01. The molecular formula is C6H7ClO. The molecule has 2 atom stereocenters. The highest BCUT2D eigenvalue weighted by molar-refractivity contribution is 6.21. The summed E-state index contributed by atoms with van der Waals surface area (Å²) in [6.07, 6.45) is 5.81. The molecule has 1 fully saturated rings. The van der Waals surface area contributed by atoms with Gasteiger partial charge in [0.1, 0.15) is 6.10 Å². The van der Waals surface area contributed by atoms with Crippen LogP contribution in [0.3, 0.4) is 0 Å². The van der Waals surface area contributed by atoms with Gasteiger partial charge in [0.15, 0.2) is 0 Å². The summed E-state index contributed by atoms with van der Waals surface area (Å²) in [5, 5.41) is 0.0417. The predicted octanol–water partition coefficient (Wildman–Crippen LogP) is 1.02. The van der Waals surface area contributed by atoms with Gasteiger partial charge in [0.25, 0.3) is 0 Å². The number of hydrogen-bond acceptors (Lipinski definition) is 1. The maximum atomic E-state index is 5.71. The van der Waals surface area contributed by atoms with E-state index in [1.165, 1.54) is 0 Å². The van der Waals surface area contributed by atoms with E-state index in [0.29, 0.717) is 6.61 Å². The maximum Gasteiger partial charge on any atom is 0.134 e. The summed E-state index contributed by atoms with van der Waals surface area (Å²) in [6.45, 7) is 0.711. The second kappa shape index (κ2) is 2.39. The Morgan fingerprint density at radius 1 is 1.75 bits per heavy atom. The zero-order valence-corrected chi connectivity index (χ0v) is 5.19. The minimum absolute atomic E-state index is 0.0417. The van der Waals surface area contributed by atoms with E-state index in [1.54, 1.807) is 0 Å². The average molecular weight is 131 g/mol. The van der Waals surface area contributed by atoms with Crippen LogP contribution in [0.4, 0.5) is 0 Å². The van der Waals surface area contributed by atoms with Gasteiger partial charge in [0.05, 0.1) is 5.38 Å². The van der Waals surface area contributed by atoms with Crippen LogP contribution in [0.15, 0.2) is 0 Å². The van der Waals surface area contributed by atoms with Gasteiger partial charge in [-0.25, -0.2) is 0 Å². The van der Waals surface area contributed by atoms with Crippen molar-refractivity contribution in [3.8, 4) is 12.3 Å². The average Bonchev–Trinajstić information content (AvgIpc) is 2.14. The van der Waals surface area contributed by atoms with Crippen LogP contribution in [-0.2, 0) is 4.74 Å². The molecule has 0 aromatic heterocycles. The summed E-state index contributed by atoms with van der Waals surface area (Å²) in [6, 6.07) is 0.